The Labute approximate surface area is 205 Å². The van der Waals surface area contributed by atoms with Crippen LogP contribution in [0.5, 0.6) is 0 Å². The van der Waals surface area contributed by atoms with Crippen molar-refractivity contribution in [2.24, 2.45) is 11.8 Å². The Balaban J connectivity index is 1.44. The number of ether oxygens (including phenoxy) is 1. The summed E-state index contributed by atoms with van der Waals surface area (Å²) in [6.07, 6.45) is 5.99. The summed E-state index contributed by atoms with van der Waals surface area (Å²) in [4.78, 5) is 21.8. The SMILES string of the molecule is CS(=O)(=O)N1CCCC(C(=O)Nc2cc(-c3cccc(NCC4CCOCC4)n3)c(Cl)cn2)C1. The molecule has 0 aliphatic carbocycles. The van der Waals surface area contributed by atoms with Crippen molar-refractivity contribution in [2.45, 2.75) is 25.7 Å². The number of carbonyl (C=O) groups excluding carboxylic acids is 1. The lowest BCUT2D eigenvalue weighted by molar-refractivity contribution is -0.120. The van der Waals surface area contributed by atoms with E-state index in [0.29, 0.717) is 47.4 Å². The summed E-state index contributed by atoms with van der Waals surface area (Å²) in [6, 6.07) is 7.38. The molecule has 2 aliphatic heterocycles. The first-order valence-corrected chi connectivity index (χ1v) is 13.7. The fourth-order valence-electron chi connectivity index (χ4n) is 4.27. The number of amides is 1. The molecule has 4 heterocycles. The number of piperidine rings is 1. The molecule has 2 aromatic heterocycles. The van der Waals surface area contributed by atoms with Crippen LogP contribution in [-0.2, 0) is 19.6 Å². The Morgan fingerprint density at radius 1 is 1.24 bits per heavy atom. The number of aromatic nitrogens is 2. The van der Waals surface area contributed by atoms with E-state index < -0.39 is 15.9 Å². The summed E-state index contributed by atoms with van der Waals surface area (Å²) in [5, 5.41) is 6.64. The van der Waals surface area contributed by atoms with Crippen LogP contribution in [0.3, 0.4) is 0 Å². The van der Waals surface area contributed by atoms with Gasteiger partial charge < -0.3 is 15.4 Å². The molecule has 2 aliphatic rings. The molecule has 4 rings (SSSR count). The van der Waals surface area contributed by atoms with Gasteiger partial charge in [0.25, 0.3) is 0 Å². The van der Waals surface area contributed by atoms with Crippen LogP contribution in [0.4, 0.5) is 11.6 Å². The predicted molar refractivity (Wildman–Crippen MR) is 132 cm³/mol. The first-order chi connectivity index (χ1) is 16.3. The third kappa shape index (κ3) is 6.44. The van der Waals surface area contributed by atoms with Gasteiger partial charge in [0.15, 0.2) is 0 Å². The van der Waals surface area contributed by atoms with Crippen LogP contribution in [0.1, 0.15) is 25.7 Å². The molecule has 1 amide bonds. The predicted octanol–water partition coefficient (Wildman–Crippen LogP) is 3.25. The van der Waals surface area contributed by atoms with Crippen molar-refractivity contribution >= 4 is 39.2 Å². The molecule has 184 valence electrons. The number of halogens is 1. The summed E-state index contributed by atoms with van der Waals surface area (Å²) in [5.74, 6) is 0.979. The fraction of sp³-hybridized carbons (Fsp3) is 0.522. The lowest BCUT2D eigenvalue weighted by atomic mass is 9.99. The average Bonchev–Trinajstić information content (AvgIpc) is 2.84. The minimum Gasteiger partial charge on any atom is -0.381 e. The maximum absolute atomic E-state index is 12.8. The second kappa shape index (κ2) is 11.0. The van der Waals surface area contributed by atoms with Gasteiger partial charge in [0.05, 0.1) is 22.9 Å². The Morgan fingerprint density at radius 3 is 2.79 bits per heavy atom. The number of nitrogens with one attached hydrogen (secondary N) is 2. The normalized spacial score (nSPS) is 20.1. The van der Waals surface area contributed by atoms with Crippen LogP contribution in [0.15, 0.2) is 30.5 Å². The average molecular weight is 508 g/mol. The van der Waals surface area contributed by atoms with Gasteiger partial charge in [0, 0.05) is 44.6 Å². The summed E-state index contributed by atoms with van der Waals surface area (Å²) in [7, 11) is -3.33. The molecule has 0 aromatic carbocycles. The van der Waals surface area contributed by atoms with E-state index in [4.69, 9.17) is 21.3 Å². The lowest BCUT2D eigenvalue weighted by Gasteiger charge is -2.30. The quantitative estimate of drug-likeness (QED) is 0.591. The number of nitrogens with zero attached hydrogens (tertiary/aromatic N) is 3. The van der Waals surface area contributed by atoms with Crippen LogP contribution in [-0.4, -0.2) is 67.7 Å². The Bertz CT molecular complexity index is 1120. The summed E-state index contributed by atoms with van der Waals surface area (Å²) in [6.45, 7) is 3.04. The molecule has 34 heavy (non-hydrogen) atoms. The molecule has 0 bridgehead atoms. The summed E-state index contributed by atoms with van der Waals surface area (Å²) < 4.78 is 30.5. The maximum Gasteiger partial charge on any atom is 0.229 e. The van der Waals surface area contributed by atoms with Gasteiger partial charge in [0.1, 0.15) is 11.6 Å². The van der Waals surface area contributed by atoms with Gasteiger partial charge >= 0.3 is 0 Å². The Hall–Kier alpha value is -2.27. The van der Waals surface area contributed by atoms with Crippen molar-refractivity contribution in [1.82, 2.24) is 14.3 Å². The number of rotatable bonds is 7. The highest BCUT2D eigenvalue weighted by molar-refractivity contribution is 7.88. The van der Waals surface area contributed by atoms with Crippen LogP contribution >= 0.6 is 11.6 Å². The van der Waals surface area contributed by atoms with E-state index in [2.05, 4.69) is 15.6 Å². The monoisotopic (exact) mass is 507 g/mol. The van der Waals surface area contributed by atoms with Gasteiger partial charge in [-0.25, -0.2) is 22.7 Å². The zero-order valence-electron chi connectivity index (χ0n) is 19.2. The third-order valence-electron chi connectivity index (χ3n) is 6.27. The van der Waals surface area contributed by atoms with Gasteiger partial charge in [-0.05, 0) is 49.8 Å². The van der Waals surface area contributed by atoms with Crippen molar-refractivity contribution in [1.29, 1.82) is 0 Å². The molecular formula is C23H30ClN5O4S. The number of anilines is 2. The van der Waals surface area contributed by atoms with Gasteiger partial charge in [0.2, 0.25) is 15.9 Å². The second-order valence-electron chi connectivity index (χ2n) is 8.84. The molecule has 9 nitrogen and oxygen atoms in total. The number of carbonyl (C=O) groups is 1. The van der Waals surface area contributed by atoms with Crippen molar-refractivity contribution < 1.29 is 17.9 Å². The van der Waals surface area contributed by atoms with E-state index in [9.17, 15) is 13.2 Å². The molecule has 2 aromatic rings. The largest absolute Gasteiger partial charge is 0.381 e. The number of pyridine rings is 2. The van der Waals surface area contributed by atoms with Crippen LogP contribution < -0.4 is 10.6 Å². The molecule has 1 unspecified atom stereocenters. The molecule has 11 heteroatoms. The van der Waals surface area contributed by atoms with Crippen molar-refractivity contribution in [3.63, 3.8) is 0 Å². The highest BCUT2D eigenvalue weighted by atomic mass is 35.5. The van der Waals surface area contributed by atoms with E-state index in [-0.39, 0.29) is 12.5 Å². The number of sulfonamides is 1. The van der Waals surface area contributed by atoms with Gasteiger partial charge in [-0.1, -0.05) is 17.7 Å². The molecule has 0 saturated carbocycles. The van der Waals surface area contributed by atoms with E-state index in [0.717, 1.165) is 38.4 Å². The van der Waals surface area contributed by atoms with E-state index in [1.165, 1.54) is 16.8 Å². The topological polar surface area (TPSA) is 114 Å². The summed E-state index contributed by atoms with van der Waals surface area (Å²) >= 11 is 6.41. The molecule has 0 spiro atoms. The van der Waals surface area contributed by atoms with Crippen molar-refractivity contribution in [2.75, 3.05) is 49.7 Å². The zero-order valence-corrected chi connectivity index (χ0v) is 20.7. The standard InChI is InChI=1S/C23H30ClN5O4S/c1-34(31,32)29-9-3-4-17(15-29)23(30)28-22-12-18(19(24)14-26-22)20-5-2-6-21(27-20)25-13-16-7-10-33-11-8-16/h2,5-6,12,14,16-17H,3-4,7-11,13,15H2,1H3,(H,25,27)(H,26,28,30). The number of hydrogen-bond donors (Lipinski definition) is 2. The fourth-order valence-corrected chi connectivity index (χ4v) is 5.38. The molecule has 1 atom stereocenters. The van der Waals surface area contributed by atoms with Crippen LogP contribution in [0, 0.1) is 11.8 Å². The molecule has 0 radical (unpaired) electrons. The van der Waals surface area contributed by atoms with Gasteiger partial charge in [-0.2, -0.15) is 0 Å². The van der Waals surface area contributed by atoms with Crippen molar-refractivity contribution in [3.05, 3.63) is 35.5 Å². The van der Waals surface area contributed by atoms with Gasteiger partial charge in [-0.15, -0.1) is 0 Å². The minimum atomic E-state index is -3.33. The lowest BCUT2D eigenvalue weighted by Crippen LogP contribution is -2.43. The molecule has 2 N–H and O–H groups in total. The maximum atomic E-state index is 12.8. The van der Waals surface area contributed by atoms with Gasteiger partial charge in [-0.3, -0.25) is 4.79 Å². The minimum absolute atomic E-state index is 0.174. The Morgan fingerprint density at radius 2 is 2.03 bits per heavy atom. The highest BCUT2D eigenvalue weighted by Crippen LogP contribution is 2.29. The first kappa shape index (κ1) is 24.8. The highest BCUT2D eigenvalue weighted by Gasteiger charge is 2.30. The van der Waals surface area contributed by atoms with Crippen molar-refractivity contribution in [3.8, 4) is 11.3 Å². The molecule has 2 fully saturated rings. The molecular weight excluding hydrogens is 478 g/mol. The van der Waals surface area contributed by atoms with E-state index in [1.807, 2.05) is 18.2 Å². The van der Waals surface area contributed by atoms with Crippen LogP contribution in [0.25, 0.3) is 11.3 Å². The van der Waals surface area contributed by atoms with E-state index >= 15 is 0 Å². The summed E-state index contributed by atoms with van der Waals surface area (Å²) in [5.41, 5.74) is 1.32. The van der Waals surface area contributed by atoms with Crippen LogP contribution in [0.2, 0.25) is 5.02 Å². The third-order valence-corrected chi connectivity index (χ3v) is 7.84. The molecule has 2 saturated heterocycles. The number of hydrogen-bond acceptors (Lipinski definition) is 7. The first-order valence-electron chi connectivity index (χ1n) is 11.5. The Kier molecular flexibility index (Phi) is 8.02. The second-order valence-corrected chi connectivity index (χ2v) is 11.2. The zero-order chi connectivity index (χ0) is 24.1. The van der Waals surface area contributed by atoms with E-state index in [1.54, 1.807) is 6.07 Å². The smallest absolute Gasteiger partial charge is 0.229 e.